The highest BCUT2D eigenvalue weighted by molar-refractivity contribution is 5.88. The fraction of sp³-hybridized carbons (Fsp3) is 0.519. The number of carbonyl (C=O) groups excluding carboxylic acids is 2. The van der Waals surface area contributed by atoms with Crippen molar-refractivity contribution in [1.29, 1.82) is 0 Å². The van der Waals surface area contributed by atoms with Crippen LogP contribution < -0.4 is 4.90 Å². The third kappa shape index (κ3) is 6.49. The van der Waals surface area contributed by atoms with Gasteiger partial charge in [-0.1, -0.05) is 43.3 Å². The summed E-state index contributed by atoms with van der Waals surface area (Å²) in [6.07, 6.45) is 4.31. The largest absolute Gasteiger partial charge is 0.445 e. The van der Waals surface area contributed by atoms with Crippen molar-refractivity contribution in [2.75, 3.05) is 11.4 Å². The lowest BCUT2D eigenvalue weighted by Gasteiger charge is -2.38. The van der Waals surface area contributed by atoms with Crippen molar-refractivity contribution >= 4 is 18.0 Å². The highest BCUT2D eigenvalue weighted by Gasteiger charge is 2.35. The van der Waals surface area contributed by atoms with Crippen molar-refractivity contribution in [3.8, 4) is 0 Å². The van der Waals surface area contributed by atoms with Gasteiger partial charge in [0.15, 0.2) is 0 Å². The number of aromatic nitrogens is 1. The normalized spacial score (nSPS) is 17.1. The molecule has 7 nitrogen and oxygen atoms in total. The Morgan fingerprint density at radius 2 is 1.88 bits per heavy atom. The molecule has 2 heterocycles. The monoisotopic (exact) mass is 467 g/mol. The molecule has 1 saturated heterocycles. The Balaban J connectivity index is 1.89. The molecule has 0 saturated carbocycles. The number of amides is 2. The van der Waals surface area contributed by atoms with Gasteiger partial charge in [0.05, 0.1) is 6.04 Å². The van der Waals surface area contributed by atoms with Crippen molar-refractivity contribution in [3.05, 3.63) is 59.8 Å². The number of nitrogens with zero attached hydrogens (tertiary/aromatic N) is 3. The van der Waals surface area contributed by atoms with Gasteiger partial charge in [-0.05, 0) is 65.0 Å². The summed E-state index contributed by atoms with van der Waals surface area (Å²) in [5, 5.41) is 0. The molecule has 0 aliphatic carbocycles. The molecule has 2 atom stereocenters. The van der Waals surface area contributed by atoms with E-state index in [1.807, 2.05) is 77.1 Å². The minimum atomic E-state index is -0.629. The van der Waals surface area contributed by atoms with Crippen LogP contribution in [0.15, 0.2) is 48.7 Å². The summed E-state index contributed by atoms with van der Waals surface area (Å²) >= 11 is 0. The molecule has 1 aromatic carbocycles. The van der Waals surface area contributed by atoms with Crippen LogP contribution in [0, 0.1) is 0 Å². The number of rotatable bonds is 6. The number of hydrogen-bond donors (Lipinski definition) is 0. The molecule has 34 heavy (non-hydrogen) atoms. The lowest BCUT2D eigenvalue weighted by Crippen LogP contribution is -2.44. The van der Waals surface area contributed by atoms with Gasteiger partial charge in [0.2, 0.25) is 0 Å². The average Bonchev–Trinajstić information content (AvgIpc) is 2.82. The predicted molar refractivity (Wildman–Crippen MR) is 133 cm³/mol. The van der Waals surface area contributed by atoms with Gasteiger partial charge in [-0.15, -0.1) is 0 Å². The van der Waals surface area contributed by atoms with E-state index in [0.717, 1.165) is 36.8 Å². The van der Waals surface area contributed by atoms with E-state index in [0.29, 0.717) is 12.4 Å². The van der Waals surface area contributed by atoms with Crippen LogP contribution in [0.3, 0.4) is 0 Å². The number of hydrogen-bond acceptors (Lipinski definition) is 5. The molecule has 1 fully saturated rings. The van der Waals surface area contributed by atoms with Crippen LogP contribution in [-0.4, -0.2) is 40.3 Å². The van der Waals surface area contributed by atoms with E-state index in [4.69, 9.17) is 9.47 Å². The molecule has 2 amide bonds. The molecule has 1 aliphatic heterocycles. The first-order valence-corrected chi connectivity index (χ1v) is 12.2. The van der Waals surface area contributed by atoms with Crippen molar-refractivity contribution in [1.82, 2.24) is 9.88 Å². The topological polar surface area (TPSA) is 72.0 Å². The minimum absolute atomic E-state index is 0.120. The molecule has 1 aliphatic rings. The minimum Gasteiger partial charge on any atom is -0.445 e. The summed E-state index contributed by atoms with van der Waals surface area (Å²) < 4.78 is 11.4. The number of piperidine rings is 1. The Morgan fingerprint density at radius 3 is 2.56 bits per heavy atom. The lowest BCUT2D eigenvalue weighted by atomic mass is 9.95. The number of pyridine rings is 1. The van der Waals surface area contributed by atoms with E-state index < -0.39 is 11.7 Å². The van der Waals surface area contributed by atoms with Gasteiger partial charge < -0.3 is 14.4 Å². The Morgan fingerprint density at radius 1 is 1.15 bits per heavy atom. The van der Waals surface area contributed by atoms with Crippen molar-refractivity contribution < 1.29 is 19.1 Å². The van der Waals surface area contributed by atoms with E-state index in [9.17, 15) is 9.59 Å². The maximum atomic E-state index is 13.2. The Kier molecular flexibility index (Phi) is 8.53. The van der Waals surface area contributed by atoms with E-state index in [1.165, 1.54) is 0 Å². The van der Waals surface area contributed by atoms with Gasteiger partial charge in [-0.3, -0.25) is 4.90 Å². The zero-order chi connectivity index (χ0) is 24.7. The molecule has 1 aromatic heterocycles. The van der Waals surface area contributed by atoms with Gasteiger partial charge in [-0.25, -0.2) is 14.6 Å². The van der Waals surface area contributed by atoms with Crippen molar-refractivity contribution in [2.24, 2.45) is 0 Å². The first kappa shape index (κ1) is 25.5. The lowest BCUT2D eigenvalue weighted by molar-refractivity contribution is 0.0564. The summed E-state index contributed by atoms with van der Waals surface area (Å²) in [4.78, 5) is 34.4. The Hall–Kier alpha value is -3.09. The highest BCUT2D eigenvalue weighted by Crippen LogP contribution is 2.37. The van der Waals surface area contributed by atoms with E-state index in [2.05, 4.69) is 4.98 Å². The van der Waals surface area contributed by atoms with Gasteiger partial charge in [0.1, 0.15) is 18.0 Å². The summed E-state index contributed by atoms with van der Waals surface area (Å²) in [5.74, 6) is 0.541. The van der Waals surface area contributed by atoms with Gasteiger partial charge >= 0.3 is 12.2 Å². The second-order valence-electron chi connectivity index (χ2n) is 9.77. The third-order valence-corrected chi connectivity index (χ3v) is 5.97. The van der Waals surface area contributed by atoms with E-state index in [-0.39, 0.29) is 24.8 Å². The molecule has 0 radical (unpaired) electrons. The van der Waals surface area contributed by atoms with E-state index >= 15 is 0 Å². The quantitative estimate of drug-likeness (QED) is 0.486. The first-order chi connectivity index (χ1) is 16.2. The zero-order valence-corrected chi connectivity index (χ0v) is 21.0. The predicted octanol–water partition coefficient (Wildman–Crippen LogP) is 6.49. The molecular formula is C27H37N3O4. The number of benzene rings is 1. The molecule has 184 valence electrons. The maximum absolute atomic E-state index is 13.2. The summed E-state index contributed by atoms with van der Waals surface area (Å²) in [6, 6.07) is 13.1. The number of likely N-dealkylation sites (tertiary alicyclic amines) is 1. The summed E-state index contributed by atoms with van der Waals surface area (Å²) in [6.45, 7) is 10.4. The van der Waals surface area contributed by atoms with Crippen LogP contribution in [0.5, 0.6) is 0 Å². The molecular weight excluding hydrogens is 430 g/mol. The standard InChI is InChI=1S/C27H37N3O4/c1-6-20(2)30(26(32)34-27(3,4)5)24-22(15-12-17-28-24)23-16-10-11-18-29(23)25(31)33-19-21-13-8-7-9-14-21/h7-9,12-15,17,20,23H,6,10-11,16,18-19H2,1-5H3/t20-,23+/m0/s1. The molecule has 0 bridgehead atoms. The number of carbonyl (C=O) groups is 2. The Bertz CT molecular complexity index is 958. The summed E-state index contributed by atoms with van der Waals surface area (Å²) in [5.41, 5.74) is 1.15. The molecule has 0 N–H and O–H groups in total. The highest BCUT2D eigenvalue weighted by atomic mass is 16.6. The maximum Gasteiger partial charge on any atom is 0.416 e. The zero-order valence-electron chi connectivity index (χ0n) is 21.0. The van der Waals surface area contributed by atoms with Crippen LogP contribution in [0.2, 0.25) is 0 Å². The number of ether oxygens (including phenoxy) is 2. The Labute approximate surface area is 203 Å². The van der Waals surface area contributed by atoms with Crippen LogP contribution in [0.4, 0.5) is 15.4 Å². The fourth-order valence-electron chi connectivity index (χ4n) is 4.12. The third-order valence-electron chi connectivity index (χ3n) is 5.97. The van der Waals surface area contributed by atoms with Crippen LogP contribution in [0.1, 0.15) is 77.5 Å². The smallest absolute Gasteiger partial charge is 0.416 e. The number of anilines is 1. The van der Waals surface area contributed by atoms with E-state index in [1.54, 1.807) is 16.0 Å². The van der Waals surface area contributed by atoms with Gasteiger partial charge in [-0.2, -0.15) is 0 Å². The molecule has 3 rings (SSSR count). The first-order valence-electron chi connectivity index (χ1n) is 12.2. The molecule has 7 heteroatoms. The molecule has 2 aromatic rings. The second-order valence-corrected chi connectivity index (χ2v) is 9.77. The van der Waals surface area contributed by atoms with Crippen LogP contribution >= 0.6 is 0 Å². The van der Waals surface area contributed by atoms with Gasteiger partial charge in [0.25, 0.3) is 0 Å². The van der Waals surface area contributed by atoms with Crippen molar-refractivity contribution in [3.63, 3.8) is 0 Å². The summed E-state index contributed by atoms with van der Waals surface area (Å²) in [7, 11) is 0. The van der Waals surface area contributed by atoms with Gasteiger partial charge in [0, 0.05) is 24.3 Å². The fourth-order valence-corrected chi connectivity index (χ4v) is 4.12. The SMILES string of the molecule is CC[C@H](C)N(C(=O)OC(C)(C)C)c1ncccc1[C@H]1CCCCN1C(=O)OCc1ccccc1. The van der Waals surface area contributed by atoms with Crippen LogP contribution in [-0.2, 0) is 16.1 Å². The average molecular weight is 468 g/mol. The second kappa shape index (κ2) is 11.4. The molecule has 0 unspecified atom stereocenters. The molecule has 0 spiro atoms. The van der Waals surface area contributed by atoms with Crippen LogP contribution in [0.25, 0.3) is 0 Å². The van der Waals surface area contributed by atoms with Crippen molar-refractivity contribution in [2.45, 2.75) is 84.6 Å².